The average molecular weight is 243 g/mol. The third-order valence-corrected chi connectivity index (χ3v) is 3.38. The van der Waals surface area contributed by atoms with Crippen LogP contribution in [0.15, 0.2) is 0 Å². The molecule has 0 aliphatic heterocycles. The van der Waals surface area contributed by atoms with Crippen molar-refractivity contribution in [2.45, 2.75) is 64.7 Å². The number of methoxy groups -OCH3 is 1. The minimum absolute atomic E-state index is 0.0328. The molecule has 17 heavy (non-hydrogen) atoms. The highest BCUT2D eigenvalue weighted by molar-refractivity contribution is 5.76. The lowest BCUT2D eigenvalue weighted by molar-refractivity contribution is -0.156. The molecule has 1 saturated carbocycles. The van der Waals surface area contributed by atoms with Crippen molar-refractivity contribution in [2.75, 3.05) is 7.11 Å². The molecule has 0 aromatic rings. The summed E-state index contributed by atoms with van der Waals surface area (Å²) in [6.07, 6.45) is 3.99. The zero-order valence-corrected chi connectivity index (χ0v) is 11.4. The summed E-state index contributed by atoms with van der Waals surface area (Å²) in [7, 11) is 1.70. The Labute approximate surface area is 104 Å². The van der Waals surface area contributed by atoms with Gasteiger partial charge >= 0.3 is 5.97 Å². The van der Waals surface area contributed by atoms with Crippen molar-refractivity contribution in [2.24, 2.45) is 11.1 Å². The first-order valence-corrected chi connectivity index (χ1v) is 6.33. The average Bonchev–Trinajstić information content (AvgIpc) is 2.27. The Hall–Kier alpha value is -0.610. The molecule has 3 atom stereocenters. The monoisotopic (exact) mass is 243 g/mol. The Kier molecular flexibility index (Phi) is 4.95. The fourth-order valence-electron chi connectivity index (χ4n) is 2.01. The van der Waals surface area contributed by atoms with Gasteiger partial charge in [-0.1, -0.05) is 20.8 Å². The van der Waals surface area contributed by atoms with Gasteiger partial charge in [0.2, 0.25) is 0 Å². The smallest absolute Gasteiger partial charge is 0.323 e. The molecule has 0 heterocycles. The van der Waals surface area contributed by atoms with Gasteiger partial charge in [-0.2, -0.15) is 0 Å². The number of hydrogen-bond acceptors (Lipinski definition) is 4. The predicted molar refractivity (Wildman–Crippen MR) is 66.6 cm³/mol. The highest BCUT2D eigenvalue weighted by atomic mass is 16.5. The lowest BCUT2D eigenvalue weighted by Crippen LogP contribution is -2.45. The van der Waals surface area contributed by atoms with Crippen molar-refractivity contribution < 1.29 is 14.3 Å². The number of nitrogens with two attached hydrogens (primary N) is 1. The van der Waals surface area contributed by atoms with E-state index in [1.165, 1.54) is 0 Å². The second kappa shape index (κ2) is 5.83. The van der Waals surface area contributed by atoms with Gasteiger partial charge in [-0.3, -0.25) is 4.79 Å². The summed E-state index contributed by atoms with van der Waals surface area (Å²) in [5.74, 6) is -0.292. The van der Waals surface area contributed by atoms with E-state index in [9.17, 15) is 4.79 Å². The van der Waals surface area contributed by atoms with E-state index in [-0.39, 0.29) is 23.6 Å². The van der Waals surface area contributed by atoms with Crippen molar-refractivity contribution in [3.63, 3.8) is 0 Å². The predicted octanol–water partition coefficient (Wildman–Crippen LogP) is 1.86. The summed E-state index contributed by atoms with van der Waals surface area (Å²) in [5, 5.41) is 0. The summed E-state index contributed by atoms with van der Waals surface area (Å²) in [6.45, 7) is 5.83. The van der Waals surface area contributed by atoms with Crippen LogP contribution in [-0.4, -0.2) is 31.3 Å². The molecule has 0 aromatic heterocycles. The van der Waals surface area contributed by atoms with E-state index in [1.807, 2.05) is 20.8 Å². The lowest BCUT2D eigenvalue weighted by atomic mass is 9.87. The molecule has 0 bridgehead atoms. The van der Waals surface area contributed by atoms with Gasteiger partial charge in [-0.25, -0.2) is 0 Å². The molecule has 0 aromatic carbocycles. The molecule has 0 saturated heterocycles. The summed E-state index contributed by atoms with van der Waals surface area (Å²) in [6, 6.07) is -0.564. The highest BCUT2D eigenvalue weighted by Gasteiger charge is 2.32. The van der Waals surface area contributed by atoms with Crippen molar-refractivity contribution in [1.29, 1.82) is 0 Å². The van der Waals surface area contributed by atoms with Gasteiger partial charge in [-0.15, -0.1) is 0 Å². The standard InChI is InChI=1S/C13H25NO3/c1-13(2,3)11(14)12(15)17-10-7-5-6-9(8-10)16-4/h9-11H,5-8,14H2,1-4H3/t9?,10?,11-/m1/s1. The quantitative estimate of drug-likeness (QED) is 0.769. The molecule has 0 spiro atoms. The van der Waals surface area contributed by atoms with E-state index in [0.717, 1.165) is 25.7 Å². The minimum Gasteiger partial charge on any atom is -0.461 e. The van der Waals surface area contributed by atoms with Crippen LogP contribution in [0, 0.1) is 5.41 Å². The van der Waals surface area contributed by atoms with Gasteiger partial charge in [0.25, 0.3) is 0 Å². The Morgan fingerprint density at radius 2 is 1.88 bits per heavy atom. The number of esters is 1. The molecule has 4 nitrogen and oxygen atoms in total. The molecule has 0 amide bonds. The second-order valence-electron chi connectivity index (χ2n) is 5.93. The first-order chi connectivity index (χ1) is 7.84. The molecule has 1 aliphatic rings. The Balaban J connectivity index is 2.46. The van der Waals surface area contributed by atoms with Crippen LogP contribution in [0.5, 0.6) is 0 Å². The topological polar surface area (TPSA) is 61.5 Å². The molecule has 1 aliphatic carbocycles. The van der Waals surface area contributed by atoms with Crippen molar-refractivity contribution in [3.05, 3.63) is 0 Å². The number of hydrogen-bond donors (Lipinski definition) is 1. The second-order valence-corrected chi connectivity index (χ2v) is 5.93. The third-order valence-electron chi connectivity index (χ3n) is 3.38. The summed E-state index contributed by atoms with van der Waals surface area (Å²) in [5.41, 5.74) is 5.62. The van der Waals surface area contributed by atoms with Gasteiger partial charge < -0.3 is 15.2 Å². The Bertz CT molecular complexity index is 260. The maximum atomic E-state index is 11.9. The van der Waals surface area contributed by atoms with Crippen LogP contribution >= 0.6 is 0 Å². The molecule has 1 fully saturated rings. The number of carbonyl (C=O) groups excluding carboxylic acids is 1. The van der Waals surface area contributed by atoms with Crippen LogP contribution < -0.4 is 5.73 Å². The zero-order valence-electron chi connectivity index (χ0n) is 11.4. The summed E-state index contributed by atoms with van der Waals surface area (Å²) < 4.78 is 10.8. The van der Waals surface area contributed by atoms with Crippen LogP contribution in [0.1, 0.15) is 46.5 Å². The zero-order chi connectivity index (χ0) is 13.1. The molecule has 100 valence electrons. The first kappa shape index (κ1) is 14.5. The van der Waals surface area contributed by atoms with Crippen molar-refractivity contribution in [3.8, 4) is 0 Å². The molecule has 2 N–H and O–H groups in total. The molecular weight excluding hydrogens is 218 g/mol. The fraction of sp³-hybridized carbons (Fsp3) is 0.923. The minimum atomic E-state index is -0.564. The number of carbonyl (C=O) groups is 1. The van der Waals surface area contributed by atoms with Crippen LogP contribution in [0.25, 0.3) is 0 Å². The number of rotatable bonds is 3. The van der Waals surface area contributed by atoms with Gasteiger partial charge in [0.1, 0.15) is 12.1 Å². The molecule has 2 unspecified atom stereocenters. The van der Waals surface area contributed by atoms with E-state index in [1.54, 1.807) is 7.11 Å². The first-order valence-electron chi connectivity index (χ1n) is 6.33. The Morgan fingerprint density at radius 1 is 1.29 bits per heavy atom. The largest absolute Gasteiger partial charge is 0.461 e. The Morgan fingerprint density at radius 3 is 2.41 bits per heavy atom. The van der Waals surface area contributed by atoms with Crippen LogP contribution in [0.4, 0.5) is 0 Å². The van der Waals surface area contributed by atoms with E-state index < -0.39 is 6.04 Å². The molecule has 1 rings (SSSR count). The maximum absolute atomic E-state index is 11.9. The van der Waals surface area contributed by atoms with Crippen molar-refractivity contribution in [1.82, 2.24) is 0 Å². The lowest BCUT2D eigenvalue weighted by Gasteiger charge is -2.31. The number of ether oxygens (including phenoxy) is 2. The highest BCUT2D eigenvalue weighted by Crippen LogP contribution is 2.25. The molecule has 4 heteroatoms. The van der Waals surface area contributed by atoms with Crippen LogP contribution in [0.3, 0.4) is 0 Å². The van der Waals surface area contributed by atoms with Gasteiger partial charge in [0.05, 0.1) is 6.10 Å². The molecule has 0 radical (unpaired) electrons. The fourth-order valence-corrected chi connectivity index (χ4v) is 2.01. The van der Waals surface area contributed by atoms with E-state index in [4.69, 9.17) is 15.2 Å². The summed E-state index contributed by atoms with van der Waals surface area (Å²) in [4.78, 5) is 11.9. The third kappa shape index (κ3) is 4.28. The summed E-state index contributed by atoms with van der Waals surface area (Å²) >= 11 is 0. The van der Waals surface area contributed by atoms with Crippen molar-refractivity contribution >= 4 is 5.97 Å². The normalized spacial score (nSPS) is 27.6. The van der Waals surface area contributed by atoms with Crippen LogP contribution in [-0.2, 0) is 14.3 Å². The molecular formula is C13H25NO3. The van der Waals surface area contributed by atoms with E-state index in [0.29, 0.717) is 0 Å². The van der Waals surface area contributed by atoms with Crippen LogP contribution in [0.2, 0.25) is 0 Å². The maximum Gasteiger partial charge on any atom is 0.323 e. The van der Waals surface area contributed by atoms with E-state index >= 15 is 0 Å². The van der Waals surface area contributed by atoms with Gasteiger partial charge in [0.15, 0.2) is 0 Å². The SMILES string of the molecule is COC1CCCC(OC(=O)[C@@H](N)C(C)(C)C)C1. The van der Waals surface area contributed by atoms with E-state index in [2.05, 4.69) is 0 Å². The van der Waals surface area contributed by atoms with Gasteiger partial charge in [-0.05, 0) is 24.7 Å². The van der Waals surface area contributed by atoms with Gasteiger partial charge in [0, 0.05) is 13.5 Å².